The van der Waals surface area contributed by atoms with Crippen molar-refractivity contribution in [3.8, 4) is 11.4 Å². The summed E-state index contributed by atoms with van der Waals surface area (Å²) in [6.45, 7) is 8.68. The largest absolute Gasteiger partial charge is 0.488 e. The number of amides is 2. The van der Waals surface area contributed by atoms with Gasteiger partial charge in [-0.2, -0.15) is 5.10 Å². The van der Waals surface area contributed by atoms with Crippen LogP contribution in [0, 0.1) is 6.92 Å². The van der Waals surface area contributed by atoms with Gasteiger partial charge < -0.3 is 15.4 Å². The molecule has 10 nitrogen and oxygen atoms in total. The van der Waals surface area contributed by atoms with E-state index in [1.807, 2.05) is 92.0 Å². The zero-order chi connectivity index (χ0) is 34.7. The Morgan fingerprint density at radius 2 is 1.68 bits per heavy atom. The van der Waals surface area contributed by atoms with Gasteiger partial charge in [-0.25, -0.2) is 19.4 Å². The summed E-state index contributed by atoms with van der Waals surface area (Å²) in [5, 5.41) is 16.0. The van der Waals surface area contributed by atoms with Crippen molar-refractivity contribution in [3.05, 3.63) is 120 Å². The Labute approximate surface area is 292 Å². The summed E-state index contributed by atoms with van der Waals surface area (Å²) >= 11 is 0. The van der Waals surface area contributed by atoms with E-state index in [4.69, 9.17) is 14.8 Å². The highest BCUT2D eigenvalue weighted by Crippen LogP contribution is 2.34. The Balaban J connectivity index is 1.05. The molecule has 254 valence electrons. The van der Waals surface area contributed by atoms with Crippen molar-refractivity contribution >= 4 is 39.9 Å². The fourth-order valence-electron chi connectivity index (χ4n) is 6.28. The molecule has 0 aliphatic heterocycles. The number of nitrogens with zero attached hydrogens (tertiary/aromatic N) is 5. The van der Waals surface area contributed by atoms with E-state index in [-0.39, 0.29) is 11.4 Å². The minimum absolute atomic E-state index is 0.196. The predicted molar refractivity (Wildman–Crippen MR) is 199 cm³/mol. The second kappa shape index (κ2) is 14.0. The molecule has 1 aliphatic rings. The molecule has 7 rings (SSSR count). The summed E-state index contributed by atoms with van der Waals surface area (Å²) in [6.07, 6.45) is 10.2. The molecule has 0 spiro atoms. The van der Waals surface area contributed by atoms with E-state index < -0.39 is 0 Å². The molecule has 3 heterocycles. The summed E-state index contributed by atoms with van der Waals surface area (Å²) < 4.78 is 8.11. The van der Waals surface area contributed by atoms with Gasteiger partial charge in [0.1, 0.15) is 29.8 Å². The molecule has 0 radical (unpaired) electrons. The number of anilines is 4. The van der Waals surface area contributed by atoms with Gasteiger partial charge in [-0.15, -0.1) is 0 Å². The molecule has 1 aliphatic carbocycles. The van der Waals surface area contributed by atoms with Gasteiger partial charge in [0, 0.05) is 40.6 Å². The molecular formula is C40H42N8O2. The maximum absolute atomic E-state index is 13.5. The average molecular weight is 667 g/mol. The Morgan fingerprint density at radius 3 is 2.46 bits per heavy atom. The second-order valence-electron chi connectivity index (χ2n) is 13.9. The Bertz CT molecular complexity index is 2130. The smallest absolute Gasteiger partial charge is 0.324 e. The van der Waals surface area contributed by atoms with Gasteiger partial charge in [0.25, 0.3) is 0 Å². The van der Waals surface area contributed by atoms with Crippen LogP contribution in [0.2, 0.25) is 0 Å². The highest BCUT2D eigenvalue weighted by Gasteiger charge is 2.22. The van der Waals surface area contributed by atoms with Crippen LogP contribution < -0.4 is 20.7 Å². The molecule has 2 amide bonds. The lowest BCUT2D eigenvalue weighted by Gasteiger charge is -2.15. The van der Waals surface area contributed by atoms with Crippen LogP contribution in [0.3, 0.4) is 0 Å². The minimum atomic E-state index is -0.368. The van der Waals surface area contributed by atoms with Crippen LogP contribution in [0.1, 0.15) is 74.9 Å². The maximum atomic E-state index is 13.5. The molecule has 0 bridgehead atoms. The lowest BCUT2D eigenvalue weighted by Crippen LogP contribution is -2.21. The van der Waals surface area contributed by atoms with Crippen LogP contribution >= 0.6 is 0 Å². The van der Waals surface area contributed by atoms with Gasteiger partial charge in [0.05, 0.1) is 29.0 Å². The minimum Gasteiger partial charge on any atom is -0.488 e. The zero-order valence-electron chi connectivity index (χ0n) is 28.9. The molecule has 3 aromatic heterocycles. The Morgan fingerprint density at radius 1 is 0.900 bits per heavy atom. The summed E-state index contributed by atoms with van der Waals surface area (Å²) in [4.78, 5) is 27.2. The fourth-order valence-corrected chi connectivity index (χ4v) is 6.28. The number of carbonyl (C=O) groups is 1. The van der Waals surface area contributed by atoms with Crippen LogP contribution in [0.15, 0.2) is 97.5 Å². The first-order valence-corrected chi connectivity index (χ1v) is 17.1. The van der Waals surface area contributed by atoms with E-state index in [2.05, 4.69) is 46.7 Å². The van der Waals surface area contributed by atoms with Crippen molar-refractivity contribution in [2.24, 2.45) is 0 Å². The first-order valence-electron chi connectivity index (χ1n) is 17.1. The van der Waals surface area contributed by atoms with Crippen LogP contribution in [0.5, 0.6) is 5.75 Å². The van der Waals surface area contributed by atoms with Crippen LogP contribution in [0.4, 0.5) is 27.9 Å². The quantitative estimate of drug-likeness (QED) is 0.141. The fraction of sp³-hybridized carbons (Fsp3) is 0.275. The number of benzene rings is 3. The third-order valence-corrected chi connectivity index (χ3v) is 9.03. The molecule has 0 unspecified atom stereocenters. The summed E-state index contributed by atoms with van der Waals surface area (Å²) in [5.74, 6) is 3.14. The highest BCUT2D eigenvalue weighted by atomic mass is 16.5. The molecule has 0 atom stereocenters. The first kappa shape index (κ1) is 32.8. The standard InChI is InChI=1S/C40H42N8O2/c1-26-13-15-29(16-14-26)48-38(22-35(47-48)40(2,3)4)46-39(49)44-32-17-18-34(31-12-8-7-11-30(31)32)50-25-27-19-20-42-36(21-27)45-37-24-41-23-33(43-37)28-9-5-6-10-28/h7-8,11-24,28H,5-6,9-10,25H2,1-4H3,(H,42,43,45)(H2,44,46,49). The maximum Gasteiger partial charge on any atom is 0.324 e. The van der Waals surface area contributed by atoms with Gasteiger partial charge in [0.15, 0.2) is 0 Å². The van der Waals surface area contributed by atoms with Crippen molar-refractivity contribution in [3.63, 3.8) is 0 Å². The van der Waals surface area contributed by atoms with Gasteiger partial charge in [-0.1, -0.05) is 75.6 Å². The number of rotatable bonds is 9. The summed E-state index contributed by atoms with van der Waals surface area (Å²) in [5.41, 5.74) is 5.35. The number of hydrogen-bond donors (Lipinski definition) is 3. The lowest BCUT2D eigenvalue weighted by molar-refractivity contribution is 0.262. The number of ether oxygens (including phenoxy) is 1. The molecule has 1 saturated carbocycles. The second-order valence-corrected chi connectivity index (χ2v) is 13.9. The van der Waals surface area contributed by atoms with E-state index in [0.29, 0.717) is 41.4 Å². The number of fused-ring (bicyclic) bond motifs is 1. The number of pyridine rings is 1. The summed E-state index contributed by atoms with van der Waals surface area (Å²) in [7, 11) is 0. The third kappa shape index (κ3) is 7.44. The van der Waals surface area contributed by atoms with Gasteiger partial charge in [-0.05, 0) is 61.7 Å². The highest BCUT2D eigenvalue weighted by molar-refractivity contribution is 6.07. The van der Waals surface area contributed by atoms with Crippen molar-refractivity contribution in [1.29, 1.82) is 0 Å². The number of aryl methyl sites for hydroxylation is 1. The van der Waals surface area contributed by atoms with Crippen LogP contribution in [-0.2, 0) is 12.0 Å². The number of aromatic nitrogens is 5. The molecule has 10 heteroatoms. The van der Waals surface area contributed by atoms with E-state index in [9.17, 15) is 4.79 Å². The molecule has 6 aromatic rings. The number of urea groups is 1. The van der Waals surface area contributed by atoms with E-state index >= 15 is 0 Å². The Hall–Kier alpha value is -5.77. The monoisotopic (exact) mass is 666 g/mol. The van der Waals surface area contributed by atoms with E-state index in [1.165, 1.54) is 25.7 Å². The third-order valence-electron chi connectivity index (χ3n) is 9.03. The predicted octanol–water partition coefficient (Wildman–Crippen LogP) is 9.44. The molecule has 3 N–H and O–H groups in total. The topological polar surface area (TPSA) is 119 Å². The lowest BCUT2D eigenvalue weighted by atomic mass is 9.92. The van der Waals surface area contributed by atoms with Gasteiger partial charge in [-0.3, -0.25) is 10.3 Å². The van der Waals surface area contributed by atoms with E-state index in [0.717, 1.165) is 39.0 Å². The number of nitrogens with one attached hydrogen (secondary N) is 3. The SMILES string of the molecule is Cc1ccc(-n2nc(C(C)(C)C)cc2NC(=O)Nc2ccc(OCc3ccnc(Nc4cncc(C5CCCC5)n4)c3)c3ccccc23)cc1. The number of carbonyl (C=O) groups excluding carboxylic acids is 1. The van der Waals surface area contributed by atoms with Crippen LogP contribution in [-0.4, -0.2) is 30.8 Å². The normalized spacial score (nSPS) is 13.4. The van der Waals surface area contributed by atoms with Crippen molar-refractivity contribution < 1.29 is 9.53 Å². The van der Waals surface area contributed by atoms with E-state index in [1.54, 1.807) is 17.1 Å². The average Bonchev–Trinajstić information content (AvgIpc) is 3.80. The van der Waals surface area contributed by atoms with Gasteiger partial charge in [0.2, 0.25) is 0 Å². The molecule has 1 fully saturated rings. The summed E-state index contributed by atoms with van der Waals surface area (Å²) in [6, 6.07) is 25.1. The first-order chi connectivity index (χ1) is 24.2. The Kier molecular flexibility index (Phi) is 9.17. The van der Waals surface area contributed by atoms with Gasteiger partial charge >= 0.3 is 6.03 Å². The molecule has 50 heavy (non-hydrogen) atoms. The molecule has 3 aromatic carbocycles. The number of hydrogen-bond acceptors (Lipinski definition) is 7. The molecule has 0 saturated heterocycles. The van der Waals surface area contributed by atoms with Crippen molar-refractivity contribution in [1.82, 2.24) is 24.7 Å². The van der Waals surface area contributed by atoms with Crippen molar-refractivity contribution in [2.45, 2.75) is 71.3 Å². The molecular weight excluding hydrogens is 624 g/mol. The van der Waals surface area contributed by atoms with Crippen LogP contribution in [0.25, 0.3) is 16.5 Å². The zero-order valence-corrected chi connectivity index (χ0v) is 28.9. The van der Waals surface area contributed by atoms with Crippen molar-refractivity contribution in [2.75, 3.05) is 16.0 Å².